The van der Waals surface area contributed by atoms with Gasteiger partial charge in [-0.15, -0.1) is 0 Å². The molecule has 0 radical (unpaired) electrons. The summed E-state index contributed by atoms with van der Waals surface area (Å²) >= 11 is 0. The summed E-state index contributed by atoms with van der Waals surface area (Å²) < 4.78 is 5.41. The molecule has 2 N–H and O–H groups in total. The van der Waals surface area contributed by atoms with Crippen LogP contribution in [0, 0.1) is 5.92 Å². The minimum absolute atomic E-state index is 0.516. The van der Waals surface area contributed by atoms with Gasteiger partial charge in [0.15, 0.2) is 5.96 Å². The van der Waals surface area contributed by atoms with E-state index in [0.29, 0.717) is 6.10 Å². The molecule has 0 aromatic rings. The van der Waals surface area contributed by atoms with E-state index < -0.39 is 0 Å². The van der Waals surface area contributed by atoms with Crippen molar-refractivity contribution in [2.24, 2.45) is 10.9 Å². The van der Waals surface area contributed by atoms with E-state index in [2.05, 4.69) is 15.6 Å². The van der Waals surface area contributed by atoms with E-state index in [0.717, 1.165) is 31.5 Å². The minimum Gasteiger partial charge on any atom is -0.381 e. The second-order valence-corrected chi connectivity index (χ2v) is 5.46. The van der Waals surface area contributed by atoms with Gasteiger partial charge in [0.05, 0.1) is 6.10 Å². The normalized spacial score (nSPS) is 29.1. The molecule has 4 heteroatoms. The predicted molar refractivity (Wildman–Crippen MR) is 74.9 cm³/mol. The Morgan fingerprint density at radius 2 is 2.11 bits per heavy atom. The molecule has 0 unspecified atom stereocenters. The fourth-order valence-corrected chi connectivity index (χ4v) is 2.86. The van der Waals surface area contributed by atoms with Gasteiger partial charge in [-0.1, -0.05) is 0 Å². The zero-order valence-electron chi connectivity index (χ0n) is 11.6. The molecule has 1 saturated carbocycles. The van der Waals surface area contributed by atoms with E-state index >= 15 is 0 Å². The van der Waals surface area contributed by atoms with Crippen molar-refractivity contribution >= 4 is 5.96 Å². The van der Waals surface area contributed by atoms with Crippen LogP contribution in [0.25, 0.3) is 0 Å². The fraction of sp³-hybridized carbons (Fsp3) is 0.929. The standard InChI is InChI=1S/C14H27N3O/c1-18-13-6-4-12(5-7-13)8-11-17-14-15-9-2-3-10-16-14/h12-13H,2-11H2,1H3,(H2,15,16,17). The molecule has 4 nitrogen and oxygen atoms in total. The molecule has 0 amide bonds. The Labute approximate surface area is 111 Å². The lowest BCUT2D eigenvalue weighted by atomic mass is 9.85. The highest BCUT2D eigenvalue weighted by molar-refractivity contribution is 5.79. The number of ether oxygens (including phenoxy) is 1. The van der Waals surface area contributed by atoms with E-state index in [1.807, 2.05) is 7.11 Å². The molecule has 0 aromatic heterocycles. The first-order valence-corrected chi connectivity index (χ1v) is 7.43. The van der Waals surface area contributed by atoms with Crippen molar-refractivity contribution in [1.29, 1.82) is 0 Å². The summed E-state index contributed by atoms with van der Waals surface area (Å²) in [6.07, 6.45) is 9.33. The van der Waals surface area contributed by atoms with E-state index in [1.54, 1.807) is 0 Å². The lowest BCUT2D eigenvalue weighted by Gasteiger charge is -2.27. The topological polar surface area (TPSA) is 45.6 Å². The summed E-state index contributed by atoms with van der Waals surface area (Å²) in [6, 6.07) is 0. The highest BCUT2D eigenvalue weighted by Gasteiger charge is 2.20. The van der Waals surface area contributed by atoms with Crippen LogP contribution in [0.3, 0.4) is 0 Å². The second-order valence-electron chi connectivity index (χ2n) is 5.46. The second kappa shape index (κ2) is 7.62. The molecule has 18 heavy (non-hydrogen) atoms. The number of methoxy groups -OCH3 is 1. The summed E-state index contributed by atoms with van der Waals surface area (Å²) in [5.74, 6) is 1.88. The Hall–Kier alpha value is -0.770. The van der Waals surface area contributed by atoms with E-state index in [4.69, 9.17) is 4.74 Å². The maximum Gasteiger partial charge on any atom is 0.191 e. The molecule has 0 spiro atoms. The molecule has 1 aliphatic heterocycles. The SMILES string of the molecule is COC1CCC(CCNC2=NCCCCN2)CC1. The first-order valence-electron chi connectivity index (χ1n) is 7.43. The summed E-state index contributed by atoms with van der Waals surface area (Å²) in [6.45, 7) is 3.08. The van der Waals surface area contributed by atoms with Crippen LogP contribution in [0.15, 0.2) is 4.99 Å². The minimum atomic E-state index is 0.516. The van der Waals surface area contributed by atoms with Crippen LogP contribution in [-0.4, -0.2) is 38.8 Å². The lowest BCUT2D eigenvalue weighted by molar-refractivity contribution is 0.0557. The molecule has 1 fully saturated rings. The van der Waals surface area contributed by atoms with Gasteiger partial charge >= 0.3 is 0 Å². The summed E-state index contributed by atoms with van der Waals surface area (Å²) in [5, 5.41) is 6.80. The van der Waals surface area contributed by atoms with Crippen molar-refractivity contribution in [1.82, 2.24) is 10.6 Å². The first kappa shape index (κ1) is 13.7. The van der Waals surface area contributed by atoms with Gasteiger partial charge in [0, 0.05) is 26.7 Å². The molecule has 1 heterocycles. The van der Waals surface area contributed by atoms with Gasteiger partial charge in [-0.25, -0.2) is 0 Å². The van der Waals surface area contributed by atoms with Crippen molar-refractivity contribution in [3.05, 3.63) is 0 Å². The number of rotatable bonds is 4. The third-order valence-electron chi connectivity index (χ3n) is 4.12. The molecule has 104 valence electrons. The third-order valence-corrected chi connectivity index (χ3v) is 4.12. The quantitative estimate of drug-likeness (QED) is 0.804. The zero-order chi connectivity index (χ0) is 12.6. The van der Waals surface area contributed by atoms with Gasteiger partial charge in [-0.2, -0.15) is 0 Å². The first-order chi connectivity index (χ1) is 8.88. The van der Waals surface area contributed by atoms with Crippen molar-refractivity contribution in [3.63, 3.8) is 0 Å². The molecule has 0 saturated heterocycles. The molecule has 2 aliphatic rings. The average molecular weight is 253 g/mol. The van der Waals surface area contributed by atoms with Crippen molar-refractivity contribution in [2.75, 3.05) is 26.7 Å². The van der Waals surface area contributed by atoms with E-state index in [1.165, 1.54) is 44.9 Å². The molecule has 2 rings (SSSR count). The van der Waals surface area contributed by atoms with Crippen LogP contribution in [0.2, 0.25) is 0 Å². The van der Waals surface area contributed by atoms with Gasteiger partial charge in [0.25, 0.3) is 0 Å². The van der Waals surface area contributed by atoms with Gasteiger partial charge in [0.2, 0.25) is 0 Å². The lowest BCUT2D eigenvalue weighted by Crippen LogP contribution is -2.38. The summed E-state index contributed by atoms with van der Waals surface area (Å²) in [4.78, 5) is 4.51. The summed E-state index contributed by atoms with van der Waals surface area (Å²) in [5.41, 5.74) is 0. The number of nitrogens with one attached hydrogen (secondary N) is 2. The molecular formula is C14H27N3O. The van der Waals surface area contributed by atoms with Crippen LogP contribution in [-0.2, 0) is 4.74 Å². The van der Waals surface area contributed by atoms with Crippen LogP contribution in [0.5, 0.6) is 0 Å². The van der Waals surface area contributed by atoms with Crippen LogP contribution < -0.4 is 10.6 Å². The van der Waals surface area contributed by atoms with Crippen molar-refractivity contribution in [2.45, 2.75) is 51.0 Å². The van der Waals surface area contributed by atoms with E-state index in [9.17, 15) is 0 Å². The smallest absolute Gasteiger partial charge is 0.191 e. The van der Waals surface area contributed by atoms with Crippen LogP contribution in [0.1, 0.15) is 44.9 Å². The molecule has 0 aromatic carbocycles. The number of aliphatic imine (C=N–C) groups is 1. The Bertz CT molecular complexity index is 260. The highest BCUT2D eigenvalue weighted by Crippen LogP contribution is 2.27. The molecule has 1 aliphatic carbocycles. The summed E-state index contributed by atoms with van der Waals surface area (Å²) in [7, 11) is 1.84. The highest BCUT2D eigenvalue weighted by atomic mass is 16.5. The number of hydrogen-bond acceptors (Lipinski definition) is 4. The Morgan fingerprint density at radius 1 is 1.28 bits per heavy atom. The average Bonchev–Trinajstić information content (AvgIpc) is 2.68. The fourth-order valence-electron chi connectivity index (χ4n) is 2.86. The molecule has 0 atom stereocenters. The monoisotopic (exact) mass is 253 g/mol. The van der Waals surface area contributed by atoms with Gasteiger partial charge < -0.3 is 15.4 Å². The largest absolute Gasteiger partial charge is 0.381 e. The van der Waals surface area contributed by atoms with Crippen molar-refractivity contribution in [3.8, 4) is 0 Å². The van der Waals surface area contributed by atoms with E-state index in [-0.39, 0.29) is 0 Å². The number of hydrogen-bond donors (Lipinski definition) is 2. The number of nitrogens with zero attached hydrogens (tertiary/aromatic N) is 1. The van der Waals surface area contributed by atoms with Gasteiger partial charge in [0.1, 0.15) is 0 Å². The van der Waals surface area contributed by atoms with Gasteiger partial charge in [-0.05, 0) is 50.9 Å². The predicted octanol–water partition coefficient (Wildman–Crippen LogP) is 1.91. The zero-order valence-corrected chi connectivity index (χ0v) is 11.6. The van der Waals surface area contributed by atoms with Gasteiger partial charge in [-0.3, -0.25) is 4.99 Å². The molecule has 0 bridgehead atoms. The Morgan fingerprint density at radius 3 is 2.89 bits per heavy atom. The van der Waals surface area contributed by atoms with Crippen LogP contribution in [0.4, 0.5) is 0 Å². The molecular weight excluding hydrogens is 226 g/mol. The number of guanidine groups is 1. The Kier molecular flexibility index (Phi) is 5.78. The third kappa shape index (κ3) is 4.48. The van der Waals surface area contributed by atoms with Crippen LogP contribution >= 0.6 is 0 Å². The van der Waals surface area contributed by atoms with Crippen molar-refractivity contribution < 1.29 is 4.74 Å². The Balaban J connectivity index is 1.59. The maximum atomic E-state index is 5.41. The maximum absolute atomic E-state index is 5.41.